The number of nitro groups is 1. The third-order valence-corrected chi connectivity index (χ3v) is 5.98. The lowest BCUT2D eigenvalue weighted by Gasteiger charge is -2.29. The number of hydroxylamine groups is 1. The monoisotopic (exact) mass is 447 g/mol. The fourth-order valence-corrected chi connectivity index (χ4v) is 4.43. The summed E-state index contributed by atoms with van der Waals surface area (Å²) in [6, 6.07) is 17.7. The summed E-state index contributed by atoms with van der Waals surface area (Å²) in [6.45, 7) is 1.88. The molecular formula is C24H18FN3O5. The summed E-state index contributed by atoms with van der Waals surface area (Å²) in [6.07, 6.45) is -1.12. The number of aryl methyl sites for hydroxylation is 1. The van der Waals surface area contributed by atoms with E-state index < -0.39 is 40.6 Å². The normalized spacial score (nSPS) is 22.1. The second-order valence-electron chi connectivity index (χ2n) is 7.95. The number of halogens is 1. The SMILES string of the molecule is Cc1ccccc1N1O[C@@H]2C(=O)N(c3cccc([N+](=O)[O-])c3)C(=O)[C@H]2[C@H]1c1ccc(F)cc1. The molecule has 5 rings (SSSR count). The maximum atomic E-state index is 13.6. The van der Waals surface area contributed by atoms with Gasteiger partial charge in [-0.15, -0.1) is 0 Å². The van der Waals surface area contributed by atoms with E-state index in [9.17, 15) is 24.1 Å². The van der Waals surface area contributed by atoms with Crippen LogP contribution in [0.1, 0.15) is 17.2 Å². The van der Waals surface area contributed by atoms with Gasteiger partial charge in [-0.05, 0) is 42.3 Å². The van der Waals surface area contributed by atoms with Crippen molar-refractivity contribution in [2.24, 2.45) is 5.92 Å². The molecule has 2 aliphatic heterocycles. The van der Waals surface area contributed by atoms with Gasteiger partial charge in [0.15, 0.2) is 6.10 Å². The average molecular weight is 447 g/mol. The Morgan fingerprint density at radius 1 is 0.970 bits per heavy atom. The summed E-state index contributed by atoms with van der Waals surface area (Å²) in [5.74, 6) is -2.48. The molecule has 3 aromatic rings. The molecule has 2 heterocycles. The molecule has 3 atom stereocenters. The molecule has 2 aliphatic rings. The molecule has 166 valence electrons. The Morgan fingerprint density at radius 2 is 1.70 bits per heavy atom. The summed E-state index contributed by atoms with van der Waals surface area (Å²) < 4.78 is 13.6. The Morgan fingerprint density at radius 3 is 2.39 bits per heavy atom. The molecule has 9 heteroatoms. The van der Waals surface area contributed by atoms with Crippen molar-refractivity contribution < 1.29 is 23.7 Å². The lowest BCUT2D eigenvalue weighted by atomic mass is 9.90. The Bertz CT molecular complexity index is 1280. The number of anilines is 2. The van der Waals surface area contributed by atoms with Gasteiger partial charge in [-0.1, -0.05) is 36.4 Å². The van der Waals surface area contributed by atoms with E-state index in [0.717, 1.165) is 10.5 Å². The van der Waals surface area contributed by atoms with Gasteiger partial charge in [0, 0.05) is 12.1 Å². The minimum absolute atomic E-state index is 0.109. The van der Waals surface area contributed by atoms with Crippen molar-refractivity contribution in [1.82, 2.24) is 0 Å². The summed E-state index contributed by atoms with van der Waals surface area (Å²) in [7, 11) is 0. The predicted octanol–water partition coefficient (Wildman–Crippen LogP) is 4.09. The third kappa shape index (κ3) is 3.33. The number of rotatable bonds is 4. The van der Waals surface area contributed by atoms with E-state index in [1.54, 1.807) is 17.2 Å². The van der Waals surface area contributed by atoms with Crippen LogP contribution in [0.4, 0.5) is 21.5 Å². The smallest absolute Gasteiger partial charge is 0.271 e. The Kier molecular flexibility index (Phi) is 4.90. The van der Waals surface area contributed by atoms with Crippen LogP contribution in [0.3, 0.4) is 0 Å². The van der Waals surface area contributed by atoms with Crippen molar-refractivity contribution in [2.45, 2.75) is 19.1 Å². The Hall–Kier alpha value is -4.11. The van der Waals surface area contributed by atoms with E-state index in [2.05, 4.69) is 0 Å². The van der Waals surface area contributed by atoms with Gasteiger partial charge in [-0.25, -0.2) is 14.4 Å². The Balaban J connectivity index is 1.59. The molecule has 0 aromatic heterocycles. The van der Waals surface area contributed by atoms with E-state index >= 15 is 0 Å². The van der Waals surface area contributed by atoms with Crippen molar-refractivity contribution >= 4 is 28.9 Å². The minimum atomic E-state index is -1.12. The average Bonchev–Trinajstić information content (AvgIpc) is 3.30. The Labute approximate surface area is 187 Å². The van der Waals surface area contributed by atoms with Gasteiger partial charge in [0.05, 0.1) is 22.3 Å². The molecule has 2 amide bonds. The van der Waals surface area contributed by atoms with Gasteiger partial charge in [0.1, 0.15) is 11.7 Å². The zero-order valence-electron chi connectivity index (χ0n) is 17.4. The highest BCUT2D eigenvalue weighted by Gasteiger charge is 2.60. The first-order chi connectivity index (χ1) is 15.9. The van der Waals surface area contributed by atoms with Crippen LogP contribution in [-0.2, 0) is 14.4 Å². The van der Waals surface area contributed by atoms with Crippen molar-refractivity contribution in [2.75, 3.05) is 9.96 Å². The summed E-state index contributed by atoms with van der Waals surface area (Å²) in [5.41, 5.74) is 2.04. The fraction of sp³-hybridized carbons (Fsp3) is 0.167. The first-order valence-electron chi connectivity index (χ1n) is 10.3. The van der Waals surface area contributed by atoms with Gasteiger partial charge in [-0.2, -0.15) is 0 Å². The van der Waals surface area contributed by atoms with Crippen LogP contribution < -0.4 is 9.96 Å². The fourth-order valence-electron chi connectivity index (χ4n) is 4.43. The topological polar surface area (TPSA) is 93.0 Å². The molecule has 33 heavy (non-hydrogen) atoms. The lowest BCUT2D eigenvalue weighted by Crippen LogP contribution is -2.37. The molecule has 8 nitrogen and oxygen atoms in total. The van der Waals surface area contributed by atoms with Crippen LogP contribution in [0.25, 0.3) is 0 Å². The van der Waals surface area contributed by atoms with Crippen LogP contribution in [0.2, 0.25) is 0 Å². The maximum Gasteiger partial charge on any atom is 0.271 e. The molecule has 0 spiro atoms. The van der Waals surface area contributed by atoms with Crippen molar-refractivity contribution in [3.63, 3.8) is 0 Å². The largest absolute Gasteiger partial charge is 0.273 e. The molecule has 2 fully saturated rings. The molecule has 0 saturated carbocycles. The van der Waals surface area contributed by atoms with Crippen LogP contribution in [0, 0.1) is 28.8 Å². The number of carbonyl (C=O) groups is 2. The number of carbonyl (C=O) groups excluding carboxylic acids is 2. The molecule has 0 bridgehead atoms. The second-order valence-corrected chi connectivity index (χ2v) is 7.95. The van der Waals surface area contributed by atoms with Gasteiger partial charge in [0.25, 0.3) is 11.6 Å². The van der Waals surface area contributed by atoms with E-state index in [0.29, 0.717) is 11.3 Å². The minimum Gasteiger partial charge on any atom is -0.273 e. The lowest BCUT2D eigenvalue weighted by molar-refractivity contribution is -0.384. The van der Waals surface area contributed by atoms with Crippen molar-refractivity contribution in [3.8, 4) is 0 Å². The second kappa shape index (κ2) is 7.79. The number of para-hydroxylation sites is 1. The molecule has 0 radical (unpaired) electrons. The summed E-state index contributed by atoms with van der Waals surface area (Å²) >= 11 is 0. The molecule has 0 unspecified atom stereocenters. The number of imide groups is 1. The van der Waals surface area contributed by atoms with Crippen LogP contribution in [0.5, 0.6) is 0 Å². The van der Waals surface area contributed by atoms with Gasteiger partial charge in [-0.3, -0.25) is 24.5 Å². The zero-order valence-corrected chi connectivity index (χ0v) is 17.4. The van der Waals surface area contributed by atoms with Gasteiger partial charge in [0.2, 0.25) is 5.91 Å². The number of hydrogen-bond acceptors (Lipinski definition) is 6. The third-order valence-electron chi connectivity index (χ3n) is 5.98. The van der Waals surface area contributed by atoms with Crippen LogP contribution in [-0.4, -0.2) is 22.8 Å². The standard InChI is InChI=1S/C24H18FN3O5/c1-14-5-2-3-8-19(14)27-21(15-9-11-16(25)12-10-15)20-22(33-27)24(30)26(23(20)29)17-6-4-7-18(13-17)28(31)32/h2-13,20-22H,1H3/t20-,21+,22-/m0/s1. The highest BCUT2D eigenvalue weighted by molar-refractivity contribution is 6.24. The van der Waals surface area contributed by atoms with Gasteiger partial charge < -0.3 is 0 Å². The van der Waals surface area contributed by atoms with E-state index in [1.165, 1.54) is 36.4 Å². The number of non-ortho nitro benzene ring substituents is 1. The molecule has 2 saturated heterocycles. The first-order valence-corrected chi connectivity index (χ1v) is 10.3. The number of hydrogen-bond donors (Lipinski definition) is 0. The predicted molar refractivity (Wildman–Crippen MR) is 117 cm³/mol. The molecular weight excluding hydrogens is 429 g/mol. The first kappa shape index (κ1) is 20.8. The highest BCUT2D eigenvalue weighted by Crippen LogP contribution is 2.48. The highest BCUT2D eigenvalue weighted by atomic mass is 19.1. The zero-order chi connectivity index (χ0) is 23.3. The molecule has 0 N–H and O–H groups in total. The van der Waals surface area contributed by atoms with Crippen LogP contribution in [0.15, 0.2) is 72.8 Å². The maximum absolute atomic E-state index is 13.6. The van der Waals surface area contributed by atoms with E-state index in [4.69, 9.17) is 4.84 Å². The summed E-state index contributed by atoms with van der Waals surface area (Å²) in [4.78, 5) is 44.4. The number of benzene rings is 3. The summed E-state index contributed by atoms with van der Waals surface area (Å²) in [5, 5.41) is 12.7. The van der Waals surface area contributed by atoms with E-state index in [-0.39, 0.29) is 11.4 Å². The number of amides is 2. The van der Waals surface area contributed by atoms with Crippen molar-refractivity contribution in [3.05, 3.63) is 99.9 Å². The van der Waals surface area contributed by atoms with E-state index in [1.807, 2.05) is 31.2 Å². The number of fused-ring (bicyclic) bond motifs is 1. The molecule has 0 aliphatic carbocycles. The number of nitro benzene ring substituents is 1. The number of nitrogens with zero attached hydrogens (tertiary/aromatic N) is 3. The van der Waals surface area contributed by atoms with Gasteiger partial charge >= 0.3 is 0 Å². The van der Waals surface area contributed by atoms with Crippen LogP contribution >= 0.6 is 0 Å². The molecule has 3 aromatic carbocycles. The quantitative estimate of drug-likeness (QED) is 0.340. The van der Waals surface area contributed by atoms with Crippen molar-refractivity contribution in [1.29, 1.82) is 0 Å².